The molecular weight excluding hydrogens is 288 g/mol. The SMILES string of the molecule is CC(C)n1cc2c(n1)[C@@H](Nc1ccc3nccnc3n1)CCC2. The highest BCUT2D eigenvalue weighted by Crippen LogP contribution is 2.32. The molecule has 0 aromatic carbocycles. The molecular formula is C17H20N6. The average molecular weight is 308 g/mol. The van der Waals surface area contributed by atoms with Crippen molar-refractivity contribution in [2.75, 3.05) is 5.32 Å². The third-order valence-electron chi connectivity index (χ3n) is 4.29. The fourth-order valence-electron chi connectivity index (χ4n) is 3.08. The van der Waals surface area contributed by atoms with Gasteiger partial charge in [-0.3, -0.25) is 9.67 Å². The van der Waals surface area contributed by atoms with E-state index in [9.17, 15) is 0 Å². The molecule has 23 heavy (non-hydrogen) atoms. The Labute approximate surface area is 135 Å². The molecule has 1 atom stereocenters. The van der Waals surface area contributed by atoms with Crippen LogP contribution < -0.4 is 5.32 Å². The Morgan fingerprint density at radius 1 is 1.22 bits per heavy atom. The van der Waals surface area contributed by atoms with Crippen LogP contribution in [0.4, 0.5) is 5.82 Å². The zero-order chi connectivity index (χ0) is 15.8. The first-order chi connectivity index (χ1) is 11.2. The van der Waals surface area contributed by atoms with Crippen LogP contribution in [0.1, 0.15) is 50.0 Å². The van der Waals surface area contributed by atoms with E-state index in [0.717, 1.165) is 29.9 Å². The Hall–Kier alpha value is -2.50. The van der Waals surface area contributed by atoms with Gasteiger partial charge in [0.05, 0.1) is 11.7 Å². The highest BCUT2D eigenvalue weighted by Gasteiger charge is 2.24. The van der Waals surface area contributed by atoms with Gasteiger partial charge >= 0.3 is 0 Å². The van der Waals surface area contributed by atoms with Gasteiger partial charge in [-0.15, -0.1) is 0 Å². The number of hydrogen-bond acceptors (Lipinski definition) is 5. The number of anilines is 1. The number of pyridine rings is 1. The quantitative estimate of drug-likeness (QED) is 0.804. The summed E-state index contributed by atoms with van der Waals surface area (Å²) in [4.78, 5) is 13.1. The predicted octanol–water partition coefficient (Wildman–Crippen LogP) is 3.29. The first-order valence-electron chi connectivity index (χ1n) is 8.13. The molecule has 0 saturated heterocycles. The van der Waals surface area contributed by atoms with E-state index in [2.05, 4.69) is 45.0 Å². The Kier molecular flexibility index (Phi) is 3.44. The first kappa shape index (κ1) is 14.1. The third kappa shape index (κ3) is 2.65. The van der Waals surface area contributed by atoms with E-state index in [0.29, 0.717) is 11.7 Å². The molecule has 3 heterocycles. The molecule has 6 heteroatoms. The molecule has 3 aromatic rings. The molecule has 118 valence electrons. The van der Waals surface area contributed by atoms with Gasteiger partial charge in [0.25, 0.3) is 0 Å². The van der Waals surface area contributed by atoms with Crippen LogP contribution in [-0.2, 0) is 6.42 Å². The van der Waals surface area contributed by atoms with Gasteiger partial charge in [-0.2, -0.15) is 5.10 Å². The van der Waals surface area contributed by atoms with Gasteiger partial charge in [0, 0.05) is 24.6 Å². The molecule has 6 nitrogen and oxygen atoms in total. The molecule has 0 radical (unpaired) electrons. The van der Waals surface area contributed by atoms with Crippen molar-refractivity contribution in [3.63, 3.8) is 0 Å². The maximum absolute atomic E-state index is 4.79. The van der Waals surface area contributed by atoms with Gasteiger partial charge < -0.3 is 5.32 Å². The van der Waals surface area contributed by atoms with Gasteiger partial charge in [-0.1, -0.05) is 0 Å². The van der Waals surface area contributed by atoms with Crippen LogP contribution in [0.3, 0.4) is 0 Å². The van der Waals surface area contributed by atoms with Crippen LogP contribution in [0.5, 0.6) is 0 Å². The van der Waals surface area contributed by atoms with Crippen molar-refractivity contribution in [1.29, 1.82) is 0 Å². The van der Waals surface area contributed by atoms with Gasteiger partial charge in [-0.05, 0) is 50.8 Å². The fourth-order valence-corrected chi connectivity index (χ4v) is 3.08. The summed E-state index contributed by atoms with van der Waals surface area (Å²) in [6.07, 6.45) is 8.89. The van der Waals surface area contributed by atoms with E-state index in [1.54, 1.807) is 12.4 Å². The summed E-state index contributed by atoms with van der Waals surface area (Å²) < 4.78 is 2.06. The number of aromatic nitrogens is 5. The van der Waals surface area contributed by atoms with Crippen LogP contribution in [0, 0.1) is 0 Å². The average Bonchev–Trinajstić information content (AvgIpc) is 3.00. The number of hydrogen-bond donors (Lipinski definition) is 1. The van der Waals surface area contributed by atoms with E-state index < -0.39 is 0 Å². The van der Waals surface area contributed by atoms with Gasteiger partial charge in [0.1, 0.15) is 11.3 Å². The molecule has 0 fully saturated rings. The molecule has 1 aliphatic rings. The van der Waals surface area contributed by atoms with E-state index in [1.807, 2.05) is 12.1 Å². The minimum atomic E-state index is 0.209. The zero-order valence-corrected chi connectivity index (χ0v) is 13.4. The predicted molar refractivity (Wildman–Crippen MR) is 89.2 cm³/mol. The van der Waals surface area contributed by atoms with E-state index in [-0.39, 0.29) is 6.04 Å². The largest absolute Gasteiger partial charge is 0.362 e. The maximum Gasteiger partial charge on any atom is 0.180 e. The van der Waals surface area contributed by atoms with Crippen molar-refractivity contribution in [3.8, 4) is 0 Å². The lowest BCUT2D eigenvalue weighted by molar-refractivity contribution is 0.515. The summed E-state index contributed by atoms with van der Waals surface area (Å²) in [5, 5.41) is 8.32. The van der Waals surface area contributed by atoms with Crippen molar-refractivity contribution in [2.24, 2.45) is 0 Å². The van der Waals surface area contributed by atoms with E-state index in [4.69, 9.17) is 5.10 Å². The Morgan fingerprint density at radius 3 is 2.96 bits per heavy atom. The number of fused-ring (bicyclic) bond motifs is 2. The zero-order valence-electron chi connectivity index (χ0n) is 13.4. The minimum Gasteiger partial charge on any atom is -0.362 e. The Balaban J connectivity index is 1.64. The van der Waals surface area contributed by atoms with Crippen molar-refractivity contribution in [2.45, 2.75) is 45.2 Å². The molecule has 0 amide bonds. The van der Waals surface area contributed by atoms with Crippen molar-refractivity contribution >= 4 is 17.0 Å². The van der Waals surface area contributed by atoms with Crippen LogP contribution >= 0.6 is 0 Å². The summed E-state index contributed by atoms with van der Waals surface area (Å²) in [7, 11) is 0. The number of aryl methyl sites for hydroxylation is 1. The van der Waals surface area contributed by atoms with Crippen LogP contribution in [-0.4, -0.2) is 24.7 Å². The summed E-state index contributed by atoms with van der Waals surface area (Å²) in [5.41, 5.74) is 3.99. The molecule has 4 rings (SSSR count). The molecule has 0 spiro atoms. The normalized spacial score (nSPS) is 17.4. The van der Waals surface area contributed by atoms with Crippen LogP contribution in [0.2, 0.25) is 0 Å². The molecule has 0 aliphatic heterocycles. The Morgan fingerprint density at radius 2 is 2.09 bits per heavy atom. The molecule has 0 bridgehead atoms. The lowest BCUT2D eigenvalue weighted by Gasteiger charge is -2.22. The highest BCUT2D eigenvalue weighted by molar-refractivity contribution is 5.71. The van der Waals surface area contributed by atoms with E-state index >= 15 is 0 Å². The smallest absolute Gasteiger partial charge is 0.180 e. The second-order valence-corrected chi connectivity index (χ2v) is 6.30. The lowest BCUT2D eigenvalue weighted by Crippen LogP contribution is -2.18. The van der Waals surface area contributed by atoms with Crippen molar-refractivity contribution in [1.82, 2.24) is 24.7 Å². The monoisotopic (exact) mass is 308 g/mol. The minimum absolute atomic E-state index is 0.209. The molecule has 3 aromatic heterocycles. The Bertz CT molecular complexity index is 838. The van der Waals surface area contributed by atoms with Crippen molar-refractivity contribution < 1.29 is 0 Å². The van der Waals surface area contributed by atoms with Crippen LogP contribution in [0.15, 0.2) is 30.7 Å². The van der Waals surface area contributed by atoms with Gasteiger partial charge in [0.2, 0.25) is 0 Å². The topological polar surface area (TPSA) is 68.5 Å². The standard InChI is InChI=1S/C17H20N6/c1-11(2)23-10-12-4-3-5-13(16(12)22-23)20-15-7-6-14-17(21-15)19-9-8-18-14/h6-11,13H,3-5H2,1-2H3,(H,19,20,21)/t13-/m0/s1. The summed E-state index contributed by atoms with van der Waals surface area (Å²) in [6.45, 7) is 4.31. The lowest BCUT2D eigenvalue weighted by atomic mass is 9.94. The molecule has 0 unspecified atom stereocenters. The summed E-state index contributed by atoms with van der Waals surface area (Å²) >= 11 is 0. The fraction of sp³-hybridized carbons (Fsp3) is 0.412. The highest BCUT2D eigenvalue weighted by atomic mass is 15.3. The number of nitrogens with zero attached hydrogens (tertiary/aromatic N) is 5. The van der Waals surface area contributed by atoms with Gasteiger partial charge in [-0.25, -0.2) is 9.97 Å². The molecule has 0 saturated carbocycles. The molecule has 1 N–H and O–H groups in total. The van der Waals surface area contributed by atoms with Crippen LogP contribution in [0.25, 0.3) is 11.2 Å². The second-order valence-electron chi connectivity index (χ2n) is 6.30. The van der Waals surface area contributed by atoms with Gasteiger partial charge in [0.15, 0.2) is 5.65 Å². The second kappa shape index (κ2) is 5.61. The summed E-state index contributed by atoms with van der Waals surface area (Å²) in [6, 6.07) is 4.51. The molecule has 1 aliphatic carbocycles. The number of rotatable bonds is 3. The van der Waals surface area contributed by atoms with Crippen molar-refractivity contribution in [3.05, 3.63) is 42.0 Å². The summed E-state index contributed by atoms with van der Waals surface area (Å²) in [5.74, 6) is 0.829. The first-order valence-corrected chi connectivity index (χ1v) is 8.13. The third-order valence-corrected chi connectivity index (χ3v) is 4.29. The number of nitrogens with one attached hydrogen (secondary N) is 1. The maximum atomic E-state index is 4.79. The van der Waals surface area contributed by atoms with E-state index in [1.165, 1.54) is 12.0 Å².